The lowest BCUT2D eigenvalue weighted by Gasteiger charge is -2.26. The van der Waals surface area contributed by atoms with Crippen LogP contribution in [0.4, 0.5) is 0 Å². The zero-order valence-corrected chi connectivity index (χ0v) is 13.3. The molecule has 2 aliphatic heterocycles. The van der Waals surface area contributed by atoms with E-state index in [-0.39, 0.29) is 0 Å². The maximum absolute atomic E-state index is 4.60. The first kappa shape index (κ1) is 13.7. The number of aromatic nitrogens is 3. The van der Waals surface area contributed by atoms with Crippen LogP contribution in [0.2, 0.25) is 0 Å². The van der Waals surface area contributed by atoms with Gasteiger partial charge in [0.15, 0.2) is 5.82 Å². The standard InChI is InChI=1S/C18H22N4/c1-13-4-3-5-16-15(13)8-11-22-18(19-12-20-22)17(16)14-6-9-21(2)10-7-14/h3-5,12H,6-11H2,1-2H3. The molecule has 0 bridgehead atoms. The molecule has 0 amide bonds. The van der Waals surface area contributed by atoms with E-state index in [4.69, 9.17) is 0 Å². The fraction of sp³-hybridized carbons (Fsp3) is 0.444. The van der Waals surface area contributed by atoms with Crippen LogP contribution in [0, 0.1) is 6.92 Å². The molecule has 4 heteroatoms. The minimum Gasteiger partial charge on any atom is -0.306 e. The second-order valence-corrected chi connectivity index (χ2v) is 6.44. The van der Waals surface area contributed by atoms with Crippen LogP contribution in [0.1, 0.15) is 35.4 Å². The Morgan fingerprint density at radius 3 is 2.68 bits per heavy atom. The van der Waals surface area contributed by atoms with Gasteiger partial charge in [0.1, 0.15) is 6.33 Å². The molecule has 1 aromatic heterocycles. The van der Waals surface area contributed by atoms with Gasteiger partial charge in [-0.25, -0.2) is 9.67 Å². The van der Waals surface area contributed by atoms with Gasteiger partial charge in [-0.3, -0.25) is 0 Å². The highest BCUT2D eigenvalue weighted by atomic mass is 15.3. The summed E-state index contributed by atoms with van der Waals surface area (Å²) >= 11 is 0. The molecule has 2 aromatic rings. The van der Waals surface area contributed by atoms with Gasteiger partial charge in [-0.2, -0.15) is 5.10 Å². The molecule has 3 heterocycles. The van der Waals surface area contributed by atoms with Crippen molar-refractivity contribution in [2.24, 2.45) is 0 Å². The predicted octanol–water partition coefficient (Wildman–Crippen LogP) is 2.67. The molecular weight excluding hydrogens is 272 g/mol. The lowest BCUT2D eigenvalue weighted by atomic mass is 9.88. The lowest BCUT2D eigenvalue weighted by molar-refractivity contribution is 0.313. The van der Waals surface area contributed by atoms with Crippen molar-refractivity contribution in [3.63, 3.8) is 0 Å². The third-order valence-corrected chi connectivity index (χ3v) is 5.04. The number of fused-ring (bicyclic) bond motifs is 2. The van der Waals surface area contributed by atoms with E-state index in [0.29, 0.717) is 0 Å². The van der Waals surface area contributed by atoms with Crippen LogP contribution in [-0.4, -0.2) is 39.8 Å². The van der Waals surface area contributed by atoms with Gasteiger partial charge in [0, 0.05) is 25.2 Å². The molecule has 22 heavy (non-hydrogen) atoms. The second-order valence-electron chi connectivity index (χ2n) is 6.44. The first-order valence-corrected chi connectivity index (χ1v) is 8.11. The fourth-order valence-electron chi connectivity index (χ4n) is 3.71. The molecule has 114 valence electrons. The summed E-state index contributed by atoms with van der Waals surface area (Å²) < 4.78 is 2.08. The molecule has 0 N–H and O–H groups in total. The number of piperidine rings is 1. The minimum absolute atomic E-state index is 0.921. The van der Waals surface area contributed by atoms with Crippen molar-refractivity contribution >= 4 is 5.57 Å². The van der Waals surface area contributed by atoms with Gasteiger partial charge in [0.25, 0.3) is 0 Å². The van der Waals surface area contributed by atoms with Gasteiger partial charge in [-0.15, -0.1) is 0 Å². The van der Waals surface area contributed by atoms with Gasteiger partial charge >= 0.3 is 0 Å². The van der Waals surface area contributed by atoms with Crippen LogP contribution in [0.3, 0.4) is 0 Å². The van der Waals surface area contributed by atoms with E-state index in [1.54, 1.807) is 11.9 Å². The lowest BCUT2D eigenvalue weighted by Crippen LogP contribution is -2.27. The third-order valence-electron chi connectivity index (χ3n) is 5.04. The Hall–Kier alpha value is -1.94. The van der Waals surface area contributed by atoms with E-state index < -0.39 is 0 Å². The van der Waals surface area contributed by atoms with Gasteiger partial charge < -0.3 is 4.90 Å². The van der Waals surface area contributed by atoms with Gasteiger partial charge in [-0.1, -0.05) is 23.8 Å². The molecule has 0 radical (unpaired) electrons. The van der Waals surface area contributed by atoms with Crippen molar-refractivity contribution < 1.29 is 0 Å². The van der Waals surface area contributed by atoms with Crippen LogP contribution < -0.4 is 0 Å². The summed E-state index contributed by atoms with van der Waals surface area (Å²) in [4.78, 5) is 7.01. The smallest absolute Gasteiger partial charge is 0.158 e. The zero-order valence-electron chi connectivity index (χ0n) is 13.3. The second kappa shape index (κ2) is 5.36. The topological polar surface area (TPSA) is 34.0 Å². The minimum atomic E-state index is 0.921. The van der Waals surface area contributed by atoms with E-state index in [1.807, 2.05) is 0 Å². The normalized spacial score (nSPS) is 18.8. The summed E-state index contributed by atoms with van der Waals surface area (Å²) in [5, 5.41) is 4.45. The molecule has 4 nitrogen and oxygen atoms in total. The highest BCUT2D eigenvalue weighted by molar-refractivity contribution is 5.81. The molecule has 2 aliphatic rings. The number of likely N-dealkylation sites (tertiary alicyclic amines) is 1. The maximum Gasteiger partial charge on any atom is 0.158 e. The van der Waals surface area contributed by atoms with E-state index in [0.717, 1.165) is 44.7 Å². The highest BCUT2D eigenvalue weighted by Gasteiger charge is 2.25. The Balaban J connectivity index is 1.94. The van der Waals surface area contributed by atoms with Crippen molar-refractivity contribution in [3.8, 4) is 0 Å². The quantitative estimate of drug-likeness (QED) is 0.749. The summed E-state index contributed by atoms with van der Waals surface area (Å²) in [6.07, 6.45) is 5.00. The predicted molar refractivity (Wildman–Crippen MR) is 87.7 cm³/mol. The zero-order chi connectivity index (χ0) is 15.1. The van der Waals surface area contributed by atoms with Crippen molar-refractivity contribution in [2.45, 2.75) is 32.7 Å². The molecule has 0 spiro atoms. The molecule has 1 fully saturated rings. The summed E-state index contributed by atoms with van der Waals surface area (Å²) in [7, 11) is 2.20. The molecule has 0 saturated carbocycles. The molecule has 4 rings (SSSR count). The molecule has 1 aromatic carbocycles. The summed E-state index contributed by atoms with van der Waals surface area (Å²) in [5.74, 6) is 1.06. The summed E-state index contributed by atoms with van der Waals surface area (Å²) in [6, 6.07) is 6.67. The largest absolute Gasteiger partial charge is 0.306 e. The Kier molecular flexibility index (Phi) is 3.34. The molecule has 1 saturated heterocycles. The van der Waals surface area contributed by atoms with Crippen molar-refractivity contribution in [1.29, 1.82) is 0 Å². The molecule has 0 unspecified atom stereocenters. The van der Waals surface area contributed by atoms with E-state index >= 15 is 0 Å². The first-order valence-electron chi connectivity index (χ1n) is 8.11. The number of aryl methyl sites for hydroxylation is 2. The fourth-order valence-corrected chi connectivity index (χ4v) is 3.71. The SMILES string of the molecule is Cc1cccc2c1CCn1ncnc1C2=C1CCN(C)CC1. The van der Waals surface area contributed by atoms with Crippen LogP contribution in [0.5, 0.6) is 0 Å². The number of nitrogens with zero attached hydrogens (tertiary/aromatic N) is 4. The summed E-state index contributed by atoms with van der Waals surface area (Å²) in [5.41, 5.74) is 7.12. The molecular formula is C18H22N4. The Labute approximate surface area is 131 Å². The van der Waals surface area contributed by atoms with E-state index in [1.165, 1.54) is 22.3 Å². The maximum atomic E-state index is 4.60. The van der Waals surface area contributed by atoms with Gasteiger partial charge in [0.05, 0.1) is 0 Å². The van der Waals surface area contributed by atoms with Crippen molar-refractivity contribution in [3.05, 3.63) is 52.6 Å². The highest BCUT2D eigenvalue weighted by Crippen LogP contribution is 2.36. The third kappa shape index (κ3) is 2.18. The molecule has 0 aliphatic carbocycles. The number of hydrogen-bond donors (Lipinski definition) is 0. The van der Waals surface area contributed by atoms with Gasteiger partial charge in [0.2, 0.25) is 0 Å². The average molecular weight is 294 g/mol. The monoisotopic (exact) mass is 294 g/mol. The number of rotatable bonds is 0. The van der Waals surface area contributed by atoms with Crippen molar-refractivity contribution in [2.75, 3.05) is 20.1 Å². The van der Waals surface area contributed by atoms with Crippen LogP contribution >= 0.6 is 0 Å². The first-order chi connectivity index (χ1) is 10.7. The number of hydrogen-bond acceptors (Lipinski definition) is 3. The van der Waals surface area contributed by atoms with Crippen molar-refractivity contribution in [1.82, 2.24) is 19.7 Å². The average Bonchev–Trinajstić information content (AvgIpc) is 2.91. The van der Waals surface area contributed by atoms with E-state index in [9.17, 15) is 0 Å². The van der Waals surface area contributed by atoms with Crippen LogP contribution in [0.25, 0.3) is 5.57 Å². The Morgan fingerprint density at radius 2 is 1.86 bits per heavy atom. The van der Waals surface area contributed by atoms with E-state index in [2.05, 4.69) is 51.8 Å². The van der Waals surface area contributed by atoms with Gasteiger partial charge in [-0.05, 0) is 49.9 Å². The van der Waals surface area contributed by atoms with Crippen LogP contribution in [-0.2, 0) is 13.0 Å². The Bertz CT molecular complexity index is 731. The number of benzene rings is 1. The van der Waals surface area contributed by atoms with Crippen LogP contribution in [0.15, 0.2) is 30.1 Å². The Morgan fingerprint density at radius 1 is 1.05 bits per heavy atom. The summed E-state index contributed by atoms with van der Waals surface area (Å²) in [6.45, 7) is 5.41. The molecule has 0 atom stereocenters.